The first-order chi connectivity index (χ1) is 12.7. The minimum Gasteiger partial charge on any atom is -0.390 e. The molecule has 1 amide bonds. The fourth-order valence-electron chi connectivity index (χ4n) is 2.99. The Bertz CT molecular complexity index is 871. The van der Waals surface area contributed by atoms with E-state index in [0.29, 0.717) is 33.8 Å². The summed E-state index contributed by atoms with van der Waals surface area (Å²) < 4.78 is 6.00. The van der Waals surface area contributed by atoms with Gasteiger partial charge in [-0.3, -0.25) is 14.5 Å². The molecule has 27 heavy (non-hydrogen) atoms. The molecule has 142 valence electrons. The molecular formula is C21H22ClNO4. The fourth-order valence-corrected chi connectivity index (χ4v) is 3.12. The van der Waals surface area contributed by atoms with Crippen molar-refractivity contribution in [2.45, 2.75) is 39.0 Å². The second kappa shape index (κ2) is 7.43. The van der Waals surface area contributed by atoms with E-state index < -0.39 is 11.8 Å². The zero-order chi connectivity index (χ0) is 19.8. The van der Waals surface area contributed by atoms with Crippen molar-refractivity contribution in [1.29, 1.82) is 0 Å². The summed E-state index contributed by atoms with van der Waals surface area (Å²) in [6.07, 6.45) is -0.204. The van der Waals surface area contributed by atoms with E-state index in [1.165, 1.54) is 6.92 Å². The van der Waals surface area contributed by atoms with Gasteiger partial charge in [0.15, 0.2) is 12.0 Å². The van der Waals surface area contributed by atoms with E-state index >= 15 is 0 Å². The number of nitrogens with zero attached hydrogens (tertiary/aromatic N) is 1. The van der Waals surface area contributed by atoms with Gasteiger partial charge in [-0.25, -0.2) is 0 Å². The SMILES string of the molecule is CC(=O)c1ccc2c(c1)C(=O)N(c1ccc(Cl)cc1)C2OCCC(C)(C)O. The lowest BCUT2D eigenvalue weighted by atomic mass is 10.0. The number of carbonyl (C=O) groups is 2. The van der Waals surface area contributed by atoms with Crippen LogP contribution in [-0.4, -0.2) is 29.0 Å². The monoisotopic (exact) mass is 387 g/mol. The molecule has 0 aromatic heterocycles. The highest BCUT2D eigenvalue weighted by atomic mass is 35.5. The van der Waals surface area contributed by atoms with Crippen molar-refractivity contribution in [3.05, 3.63) is 64.2 Å². The van der Waals surface area contributed by atoms with Crippen LogP contribution in [0.4, 0.5) is 5.69 Å². The summed E-state index contributed by atoms with van der Waals surface area (Å²) in [5, 5.41) is 10.5. The van der Waals surface area contributed by atoms with E-state index in [-0.39, 0.29) is 18.3 Å². The van der Waals surface area contributed by atoms with Crippen LogP contribution in [0, 0.1) is 0 Å². The third-order valence-corrected chi connectivity index (χ3v) is 4.76. The highest BCUT2D eigenvalue weighted by Gasteiger charge is 2.39. The van der Waals surface area contributed by atoms with Crippen molar-refractivity contribution in [1.82, 2.24) is 0 Å². The average molecular weight is 388 g/mol. The lowest BCUT2D eigenvalue weighted by Gasteiger charge is -2.27. The average Bonchev–Trinajstić information content (AvgIpc) is 2.86. The summed E-state index contributed by atoms with van der Waals surface area (Å²) in [5.41, 5.74) is 1.42. The minimum atomic E-state index is -0.866. The number of anilines is 1. The molecule has 1 heterocycles. The molecule has 1 aliphatic heterocycles. The molecule has 6 heteroatoms. The zero-order valence-electron chi connectivity index (χ0n) is 15.5. The summed E-state index contributed by atoms with van der Waals surface area (Å²) in [6.45, 7) is 5.16. The molecule has 1 aliphatic rings. The van der Waals surface area contributed by atoms with E-state index in [2.05, 4.69) is 0 Å². The number of amides is 1. The molecular weight excluding hydrogens is 366 g/mol. The number of rotatable bonds is 6. The van der Waals surface area contributed by atoms with Gasteiger partial charge in [-0.15, -0.1) is 0 Å². The van der Waals surface area contributed by atoms with Gasteiger partial charge in [0, 0.05) is 27.4 Å². The molecule has 2 aromatic carbocycles. The summed E-state index contributed by atoms with van der Waals surface area (Å²) in [5.74, 6) is -0.335. The number of ether oxygens (including phenoxy) is 1. The van der Waals surface area contributed by atoms with Crippen molar-refractivity contribution < 1.29 is 19.4 Å². The Morgan fingerprint density at radius 1 is 1.22 bits per heavy atom. The van der Waals surface area contributed by atoms with Crippen LogP contribution in [-0.2, 0) is 4.74 Å². The number of carbonyl (C=O) groups excluding carboxylic acids is 2. The largest absolute Gasteiger partial charge is 0.390 e. The Hall–Kier alpha value is -2.21. The minimum absolute atomic E-state index is 0.102. The number of Topliss-reactive ketones (excluding diaryl/α,β-unsaturated/α-hetero) is 1. The van der Waals surface area contributed by atoms with Crippen molar-refractivity contribution in [2.75, 3.05) is 11.5 Å². The van der Waals surface area contributed by atoms with Gasteiger partial charge in [-0.05, 0) is 57.5 Å². The number of fused-ring (bicyclic) bond motifs is 1. The van der Waals surface area contributed by atoms with Gasteiger partial charge in [0.2, 0.25) is 0 Å². The Kier molecular flexibility index (Phi) is 5.38. The van der Waals surface area contributed by atoms with E-state index in [1.54, 1.807) is 61.2 Å². The van der Waals surface area contributed by atoms with Gasteiger partial charge < -0.3 is 9.84 Å². The van der Waals surface area contributed by atoms with Gasteiger partial charge in [-0.2, -0.15) is 0 Å². The van der Waals surface area contributed by atoms with Gasteiger partial charge in [0.25, 0.3) is 5.91 Å². The smallest absolute Gasteiger partial charge is 0.261 e. The van der Waals surface area contributed by atoms with Crippen LogP contribution >= 0.6 is 11.6 Å². The molecule has 0 spiro atoms. The van der Waals surface area contributed by atoms with Gasteiger partial charge in [0.05, 0.1) is 12.2 Å². The van der Waals surface area contributed by atoms with Gasteiger partial charge >= 0.3 is 0 Å². The van der Waals surface area contributed by atoms with Crippen molar-refractivity contribution in [2.24, 2.45) is 0 Å². The van der Waals surface area contributed by atoms with Gasteiger partial charge in [-0.1, -0.05) is 23.7 Å². The normalized spacial score (nSPS) is 16.6. The van der Waals surface area contributed by atoms with Crippen LogP contribution in [0.1, 0.15) is 59.7 Å². The first kappa shape index (κ1) is 19.5. The predicted molar refractivity (Wildman–Crippen MR) is 104 cm³/mol. The number of ketones is 1. The standard InChI is InChI=1S/C21H22ClNO4/c1-13(24)14-4-9-17-18(12-14)19(25)23(16-7-5-15(22)6-8-16)20(17)27-11-10-21(2,3)26/h4-9,12,20,26H,10-11H2,1-3H3. The van der Waals surface area contributed by atoms with E-state index in [9.17, 15) is 14.7 Å². The molecule has 0 fully saturated rings. The molecule has 0 radical (unpaired) electrons. The first-order valence-corrected chi connectivity index (χ1v) is 9.13. The summed E-state index contributed by atoms with van der Waals surface area (Å²) >= 11 is 5.97. The summed E-state index contributed by atoms with van der Waals surface area (Å²) in [4.78, 5) is 26.3. The molecule has 0 saturated carbocycles. The number of aliphatic hydroxyl groups is 1. The van der Waals surface area contributed by atoms with Crippen LogP contribution in [0.15, 0.2) is 42.5 Å². The molecule has 3 rings (SSSR count). The third kappa shape index (κ3) is 4.21. The predicted octanol–water partition coefficient (Wildman–Crippen LogP) is 4.38. The third-order valence-electron chi connectivity index (χ3n) is 4.50. The molecule has 1 atom stereocenters. The van der Waals surface area contributed by atoms with E-state index in [1.807, 2.05) is 0 Å². The van der Waals surface area contributed by atoms with Crippen molar-refractivity contribution >= 4 is 29.0 Å². The van der Waals surface area contributed by atoms with E-state index in [4.69, 9.17) is 16.3 Å². The Balaban J connectivity index is 1.98. The highest BCUT2D eigenvalue weighted by molar-refractivity contribution is 6.30. The molecule has 5 nitrogen and oxygen atoms in total. The molecule has 2 aromatic rings. The lowest BCUT2D eigenvalue weighted by Crippen LogP contribution is -2.30. The molecule has 1 N–H and O–H groups in total. The van der Waals surface area contributed by atoms with E-state index in [0.717, 1.165) is 0 Å². The lowest BCUT2D eigenvalue weighted by molar-refractivity contribution is -0.0000256. The maximum Gasteiger partial charge on any atom is 0.261 e. The van der Waals surface area contributed by atoms with Crippen molar-refractivity contribution in [3.8, 4) is 0 Å². The quantitative estimate of drug-likeness (QED) is 0.747. The van der Waals surface area contributed by atoms with Crippen LogP contribution in [0.3, 0.4) is 0 Å². The van der Waals surface area contributed by atoms with Crippen LogP contribution in [0.5, 0.6) is 0 Å². The molecule has 0 saturated heterocycles. The summed E-state index contributed by atoms with van der Waals surface area (Å²) in [7, 11) is 0. The maximum absolute atomic E-state index is 13.1. The topological polar surface area (TPSA) is 66.8 Å². The molecule has 0 aliphatic carbocycles. The second-order valence-electron chi connectivity index (χ2n) is 7.30. The first-order valence-electron chi connectivity index (χ1n) is 8.75. The number of hydrogen-bond acceptors (Lipinski definition) is 4. The number of halogens is 1. The summed E-state index contributed by atoms with van der Waals surface area (Å²) in [6, 6.07) is 12.0. The molecule has 0 bridgehead atoms. The van der Waals surface area contributed by atoms with Gasteiger partial charge in [0.1, 0.15) is 0 Å². The highest BCUT2D eigenvalue weighted by Crippen LogP contribution is 2.39. The Labute approximate surface area is 163 Å². The van der Waals surface area contributed by atoms with Crippen LogP contribution in [0.25, 0.3) is 0 Å². The van der Waals surface area contributed by atoms with Crippen LogP contribution < -0.4 is 4.90 Å². The number of benzene rings is 2. The zero-order valence-corrected chi connectivity index (χ0v) is 16.3. The maximum atomic E-state index is 13.1. The Morgan fingerprint density at radius 2 is 1.89 bits per heavy atom. The number of hydrogen-bond donors (Lipinski definition) is 1. The van der Waals surface area contributed by atoms with Crippen molar-refractivity contribution in [3.63, 3.8) is 0 Å². The molecule has 1 unspecified atom stereocenters. The Morgan fingerprint density at radius 3 is 2.48 bits per heavy atom. The second-order valence-corrected chi connectivity index (χ2v) is 7.73. The van der Waals surface area contributed by atoms with Crippen LogP contribution in [0.2, 0.25) is 5.02 Å². The fraction of sp³-hybridized carbons (Fsp3) is 0.333.